The predicted octanol–water partition coefficient (Wildman–Crippen LogP) is 7.72. The minimum atomic E-state index is 0.186. The van der Waals surface area contributed by atoms with Gasteiger partial charge in [-0.3, -0.25) is 0 Å². The van der Waals surface area contributed by atoms with E-state index in [0.29, 0.717) is 17.8 Å². The summed E-state index contributed by atoms with van der Waals surface area (Å²) in [7, 11) is 0. The maximum Gasteiger partial charge on any atom is 0.0350 e. The van der Waals surface area contributed by atoms with Gasteiger partial charge in [0.15, 0.2) is 0 Å². The van der Waals surface area contributed by atoms with Gasteiger partial charge in [0.2, 0.25) is 0 Å². The van der Waals surface area contributed by atoms with E-state index in [1.54, 1.807) is 9.75 Å². The van der Waals surface area contributed by atoms with E-state index < -0.39 is 0 Å². The quantitative estimate of drug-likeness (QED) is 0.520. The van der Waals surface area contributed by atoms with E-state index in [1.807, 2.05) is 22.7 Å². The average Bonchev–Trinajstić information content (AvgIpc) is 3.20. The molecule has 0 aromatic carbocycles. The van der Waals surface area contributed by atoms with Gasteiger partial charge in [-0.05, 0) is 60.9 Å². The van der Waals surface area contributed by atoms with Crippen molar-refractivity contribution in [3.05, 3.63) is 54.9 Å². The molecule has 0 radical (unpaired) electrons. The largest absolute Gasteiger partial charge is 0.144 e. The molecule has 25 heavy (non-hydrogen) atoms. The highest BCUT2D eigenvalue weighted by Gasteiger charge is 2.46. The lowest BCUT2D eigenvalue weighted by molar-refractivity contribution is 0.262. The SMILES string of the molecule is CC1=CC(C(C)C)=CC1C(C)(C)C1c2sc(C)cc2-c2cc(C)sc21. The summed E-state index contributed by atoms with van der Waals surface area (Å²) in [6.07, 6.45) is 4.99. The second-order valence-electron chi connectivity index (χ2n) is 8.71. The van der Waals surface area contributed by atoms with Crippen molar-refractivity contribution in [2.24, 2.45) is 17.3 Å². The molecule has 0 nitrogen and oxygen atoms in total. The van der Waals surface area contributed by atoms with Crippen molar-refractivity contribution >= 4 is 22.7 Å². The Morgan fingerprint density at radius 1 is 0.920 bits per heavy atom. The van der Waals surface area contributed by atoms with Crippen LogP contribution >= 0.6 is 22.7 Å². The minimum absolute atomic E-state index is 0.186. The first kappa shape index (κ1) is 17.3. The summed E-state index contributed by atoms with van der Waals surface area (Å²) < 4.78 is 0. The van der Waals surface area contributed by atoms with Crippen LogP contribution in [0.4, 0.5) is 0 Å². The Hall–Kier alpha value is -1.12. The maximum absolute atomic E-state index is 2.55. The van der Waals surface area contributed by atoms with Gasteiger partial charge in [0.1, 0.15) is 0 Å². The summed E-state index contributed by atoms with van der Waals surface area (Å²) in [6.45, 7) is 16.4. The summed E-state index contributed by atoms with van der Waals surface area (Å²) in [6, 6.07) is 4.82. The maximum atomic E-state index is 2.55. The summed E-state index contributed by atoms with van der Waals surface area (Å²) in [5, 5.41) is 0. The lowest BCUT2D eigenvalue weighted by Crippen LogP contribution is -2.29. The molecule has 4 rings (SSSR count). The van der Waals surface area contributed by atoms with Gasteiger partial charge >= 0.3 is 0 Å². The molecule has 0 saturated heterocycles. The van der Waals surface area contributed by atoms with Crippen LogP contribution in [0.15, 0.2) is 35.4 Å². The van der Waals surface area contributed by atoms with Gasteiger partial charge in [0, 0.05) is 31.3 Å². The second kappa shape index (κ2) is 5.69. The molecule has 132 valence electrons. The Kier molecular flexibility index (Phi) is 3.94. The van der Waals surface area contributed by atoms with E-state index >= 15 is 0 Å². The number of fused-ring (bicyclic) bond motifs is 3. The summed E-state index contributed by atoms with van der Waals surface area (Å²) in [5.41, 5.74) is 6.25. The smallest absolute Gasteiger partial charge is 0.0350 e. The average molecular weight is 369 g/mol. The first-order valence-electron chi connectivity index (χ1n) is 9.31. The first-order chi connectivity index (χ1) is 11.7. The Bertz CT molecular complexity index is 852. The van der Waals surface area contributed by atoms with Gasteiger partial charge in [-0.2, -0.15) is 0 Å². The van der Waals surface area contributed by atoms with Gasteiger partial charge in [0.05, 0.1) is 0 Å². The molecule has 1 unspecified atom stereocenters. The highest BCUT2D eigenvalue weighted by molar-refractivity contribution is 7.15. The summed E-state index contributed by atoms with van der Waals surface area (Å²) >= 11 is 4.03. The zero-order valence-electron chi connectivity index (χ0n) is 16.4. The fourth-order valence-corrected chi connectivity index (χ4v) is 7.53. The van der Waals surface area contributed by atoms with Crippen molar-refractivity contribution in [3.8, 4) is 11.1 Å². The van der Waals surface area contributed by atoms with Crippen LogP contribution in [-0.4, -0.2) is 0 Å². The number of thiophene rings is 2. The molecule has 2 aliphatic rings. The van der Waals surface area contributed by atoms with E-state index in [2.05, 4.69) is 72.8 Å². The zero-order valence-corrected chi connectivity index (χ0v) is 18.0. The zero-order chi connectivity index (χ0) is 18.1. The van der Waals surface area contributed by atoms with Gasteiger partial charge in [-0.25, -0.2) is 0 Å². The molecule has 2 heterocycles. The Balaban J connectivity index is 1.84. The number of aryl methyl sites for hydroxylation is 2. The van der Waals surface area contributed by atoms with E-state index in [9.17, 15) is 0 Å². The lowest BCUT2D eigenvalue weighted by Gasteiger charge is -2.38. The van der Waals surface area contributed by atoms with Crippen molar-refractivity contribution in [1.82, 2.24) is 0 Å². The van der Waals surface area contributed by atoms with Crippen LogP contribution in [0.5, 0.6) is 0 Å². The summed E-state index contributed by atoms with van der Waals surface area (Å²) in [4.78, 5) is 6.08. The van der Waals surface area contributed by atoms with E-state index in [-0.39, 0.29) is 5.41 Å². The highest BCUT2D eigenvalue weighted by atomic mass is 32.1. The summed E-state index contributed by atoms with van der Waals surface area (Å²) in [5.74, 6) is 1.66. The Labute approximate surface area is 160 Å². The molecule has 2 heteroatoms. The van der Waals surface area contributed by atoms with Crippen molar-refractivity contribution in [1.29, 1.82) is 0 Å². The molecule has 0 bridgehead atoms. The van der Waals surface area contributed by atoms with Crippen molar-refractivity contribution in [3.63, 3.8) is 0 Å². The standard InChI is InChI=1S/C23H28S2/c1-12(2)16-8-13(3)19(11-16)23(6,7)20-21-17(9-14(4)24-21)18-10-15(5)25-22(18)20/h8-12,19-20H,1-7H3. The second-order valence-corrected chi connectivity index (χ2v) is 11.3. The van der Waals surface area contributed by atoms with Crippen molar-refractivity contribution in [2.45, 2.75) is 54.4 Å². The van der Waals surface area contributed by atoms with Crippen LogP contribution in [0, 0.1) is 31.1 Å². The van der Waals surface area contributed by atoms with E-state index in [0.717, 1.165) is 0 Å². The van der Waals surface area contributed by atoms with E-state index in [4.69, 9.17) is 0 Å². The monoisotopic (exact) mass is 368 g/mol. The molecule has 1 atom stereocenters. The molecule has 0 N–H and O–H groups in total. The van der Waals surface area contributed by atoms with E-state index in [1.165, 1.54) is 32.0 Å². The highest BCUT2D eigenvalue weighted by Crippen LogP contribution is 2.61. The molecule has 0 saturated carbocycles. The normalized spacial score (nSPS) is 20.1. The van der Waals surface area contributed by atoms with Crippen LogP contribution in [0.25, 0.3) is 11.1 Å². The topological polar surface area (TPSA) is 0 Å². The fourth-order valence-electron chi connectivity index (χ4n) is 4.77. The first-order valence-corrected chi connectivity index (χ1v) is 10.9. The molecule has 0 aliphatic heterocycles. The molecular formula is C23H28S2. The van der Waals surface area contributed by atoms with Crippen molar-refractivity contribution < 1.29 is 0 Å². The molecule has 2 aromatic heterocycles. The van der Waals surface area contributed by atoms with Gasteiger partial charge in [0.25, 0.3) is 0 Å². The van der Waals surface area contributed by atoms with Gasteiger partial charge in [-0.15, -0.1) is 22.7 Å². The number of allylic oxidation sites excluding steroid dienone is 4. The Morgan fingerprint density at radius 2 is 1.44 bits per heavy atom. The van der Waals surface area contributed by atoms with Gasteiger partial charge < -0.3 is 0 Å². The third-order valence-electron chi connectivity index (χ3n) is 6.04. The molecule has 0 spiro atoms. The number of hydrogen-bond acceptors (Lipinski definition) is 2. The Morgan fingerprint density at radius 3 is 1.88 bits per heavy atom. The fraction of sp³-hybridized carbons (Fsp3) is 0.478. The van der Waals surface area contributed by atoms with Crippen molar-refractivity contribution in [2.75, 3.05) is 0 Å². The molecule has 0 fully saturated rings. The van der Waals surface area contributed by atoms with Crippen LogP contribution in [0.3, 0.4) is 0 Å². The van der Waals surface area contributed by atoms with Crippen LogP contribution in [-0.2, 0) is 0 Å². The minimum Gasteiger partial charge on any atom is -0.144 e. The lowest BCUT2D eigenvalue weighted by atomic mass is 9.67. The molecule has 2 aliphatic carbocycles. The number of hydrogen-bond donors (Lipinski definition) is 0. The van der Waals surface area contributed by atoms with Crippen LogP contribution in [0.2, 0.25) is 0 Å². The third kappa shape index (κ3) is 2.52. The predicted molar refractivity (Wildman–Crippen MR) is 113 cm³/mol. The van der Waals surface area contributed by atoms with Crippen LogP contribution in [0.1, 0.15) is 60.0 Å². The van der Waals surface area contributed by atoms with Crippen LogP contribution < -0.4 is 0 Å². The molecule has 2 aromatic rings. The molecule has 0 amide bonds. The van der Waals surface area contributed by atoms with Gasteiger partial charge in [-0.1, -0.05) is 45.4 Å². The molecular weight excluding hydrogens is 340 g/mol. The third-order valence-corrected chi connectivity index (χ3v) is 8.27. The number of rotatable bonds is 3.